The Morgan fingerprint density at radius 1 is 0.818 bits per heavy atom. The molecule has 2 aliphatic rings. The Labute approximate surface area is 139 Å². The van der Waals surface area contributed by atoms with Crippen LogP contribution in [0.4, 0.5) is 8.78 Å². The van der Waals surface area contributed by atoms with Gasteiger partial charge in [-0.25, -0.2) is 8.78 Å². The second-order valence-corrected chi connectivity index (χ2v) is 4.91. The number of carboxylic acids is 2. The van der Waals surface area contributed by atoms with E-state index in [2.05, 4.69) is 10.6 Å². The summed E-state index contributed by atoms with van der Waals surface area (Å²) >= 11 is 0. The highest BCUT2D eigenvalue weighted by atomic mass is 35.5. The molecule has 0 aliphatic carbocycles. The van der Waals surface area contributed by atoms with Crippen LogP contribution in [-0.2, 0) is 9.59 Å². The lowest BCUT2D eigenvalue weighted by atomic mass is 9.97. The van der Waals surface area contributed by atoms with E-state index >= 15 is 0 Å². The first-order valence-electron chi connectivity index (χ1n) is 6.58. The molecule has 4 atom stereocenters. The van der Waals surface area contributed by atoms with Gasteiger partial charge in [0.15, 0.2) is 0 Å². The Morgan fingerprint density at radius 3 is 1.32 bits per heavy atom. The van der Waals surface area contributed by atoms with Gasteiger partial charge in [0.1, 0.15) is 12.3 Å². The van der Waals surface area contributed by atoms with Gasteiger partial charge in [-0.2, -0.15) is 0 Å². The fraction of sp³-hybridized carbons (Fsp3) is 0.833. The molecule has 0 spiro atoms. The van der Waals surface area contributed by atoms with E-state index in [1.807, 2.05) is 0 Å². The second-order valence-electron chi connectivity index (χ2n) is 4.91. The lowest BCUT2D eigenvalue weighted by molar-refractivity contribution is -0.146. The lowest BCUT2D eigenvalue weighted by Crippen LogP contribution is -2.41. The van der Waals surface area contributed by atoms with Gasteiger partial charge in [0.25, 0.3) is 0 Å². The van der Waals surface area contributed by atoms with E-state index in [1.54, 1.807) is 0 Å². The SMILES string of the molecule is Cl.Cl.O=C(O)[C@@H]1CCNC[C@@H]1F.O=C(O)[C@H]1CCNC[C@H]1F. The Kier molecular flexibility index (Phi) is 12.7. The Bertz CT molecular complexity index is 321. The van der Waals surface area contributed by atoms with Crippen molar-refractivity contribution in [2.75, 3.05) is 26.2 Å². The van der Waals surface area contributed by atoms with E-state index in [9.17, 15) is 18.4 Å². The van der Waals surface area contributed by atoms with Crippen molar-refractivity contribution in [3.63, 3.8) is 0 Å². The molecule has 2 aliphatic heterocycles. The molecule has 0 amide bonds. The van der Waals surface area contributed by atoms with Crippen molar-refractivity contribution in [1.82, 2.24) is 10.6 Å². The zero-order valence-electron chi connectivity index (χ0n) is 11.8. The smallest absolute Gasteiger partial charge is 0.309 e. The molecule has 22 heavy (non-hydrogen) atoms. The molecular formula is C12H22Cl2F2N2O4. The molecule has 0 radical (unpaired) electrons. The van der Waals surface area contributed by atoms with Crippen molar-refractivity contribution >= 4 is 36.8 Å². The Morgan fingerprint density at radius 2 is 1.14 bits per heavy atom. The van der Waals surface area contributed by atoms with Crippen molar-refractivity contribution in [3.05, 3.63) is 0 Å². The summed E-state index contributed by atoms with van der Waals surface area (Å²) < 4.78 is 25.3. The number of aliphatic carboxylic acids is 2. The van der Waals surface area contributed by atoms with Crippen LogP contribution < -0.4 is 10.6 Å². The van der Waals surface area contributed by atoms with Gasteiger partial charge in [0, 0.05) is 13.1 Å². The Balaban J connectivity index is 0. The normalized spacial score (nSPS) is 30.6. The van der Waals surface area contributed by atoms with Crippen molar-refractivity contribution in [2.45, 2.75) is 25.2 Å². The zero-order chi connectivity index (χ0) is 15.1. The minimum Gasteiger partial charge on any atom is -0.481 e. The zero-order valence-corrected chi connectivity index (χ0v) is 13.5. The number of nitrogens with one attached hydrogen (secondary N) is 2. The molecule has 0 bridgehead atoms. The minimum absolute atomic E-state index is 0. The maximum Gasteiger partial charge on any atom is 0.309 e. The third-order valence-corrected chi connectivity index (χ3v) is 3.45. The average molecular weight is 367 g/mol. The largest absolute Gasteiger partial charge is 0.481 e. The minimum atomic E-state index is -1.22. The standard InChI is InChI=1S/2C6H10FNO2.2ClH/c2*7-5-3-8-2-1-4(5)6(9)10;;/h2*4-5,8H,1-3H2,(H,9,10);2*1H/t2*4-,5+;;/m10../s1. The van der Waals surface area contributed by atoms with Crippen LogP contribution in [0.15, 0.2) is 0 Å². The van der Waals surface area contributed by atoms with Crippen molar-refractivity contribution in [2.24, 2.45) is 11.8 Å². The summed E-state index contributed by atoms with van der Waals surface area (Å²) in [5, 5.41) is 22.4. The van der Waals surface area contributed by atoms with Gasteiger partial charge in [-0.05, 0) is 25.9 Å². The van der Waals surface area contributed by atoms with Crippen LogP contribution in [0, 0.1) is 11.8 Å². The Hall–Kier alpha value is -0.700. The first-order valence-corrected chi connectivity index (χ1v) is 6.58. The number of piperidine rings is 2. The van der Waals surface area contributed by atoms with Crippen LogP contribution in [0.2, 0.25) is 0 Å². The van der Waals surface area contributed by atoms with E-state index in [1.165, 1.54) is 0 Å². The molecule has 4 N–H and O–H groups in total. The quantitative estimate of drug-likeness (QED) is 0.579. The van der Waals surface area contributed by atoms with Gasteiger partial charge in [-0.1, -0.05) is 0 Å². The molecule has 2 heterocycles. The van der Waals surface area contributed by atoms with Gasteiger partial charge >= 0.3 is 11.9 Å². The van der Waals surface area contributed by atoms with Crippen LogP contribution in [0.1, 0.15) is 12.8 Å². The van der Waals surface area contributed by atoms with Crippen LogP contribution >= 0.6 is 24.8 Å². The summed E-state index contributed by atoms with van der Waals surface area (Å²) in [5.74, 6) is -3.62. The molecule has 10 heteroatoms. The molecule has 132 valence electrons. The van der Waals surface area contributed by atoms with Gasteiger partial charge in [-0.15, -0.1) is 24.8 Å². The van der Waals surface area contributed by atoms with Crippen molar-refractivity contribution < 1.29 is 28.6 Å². The highest BCUT2D eigenvalue weighted by molar-refractivity contribution is 5.85. The predicted octanol–water partition coefficient (Wildman–Crippen LogP) is 0.881. The van der Waals surface area contributed by atoms with E-state index in [0.29, 0.717) is 25.9 Å². The topological polar surface area (TPSA) is 98.7 Å². The summed E-state index contributed by atoms with van der Waals surface area (Å²) in [6.45, 7) is 1.57. The fourth-order valence-corrected chi connectivity index (χ4v) is 2.20. The average Bonchev–Trinajstić information content (AvgIpc) is 2.40. The van der Waals surface area contributed by atoms with Crippen molar-refractivity contribution in [3.8, 4) is 0 Å². The van der Waals surface area contributed by atoms with Crippen LogP contribution in [0.3, 0.4) is 0 Å². The highest BCUT2D eigenvalue weighted by Crippen LogP contribution is 2.15. The van der Waals surface area contributed by atoms with E-state index in [4.69, 9.17) is 10.2 Å². The highest BCUT2D eigenvalue weighted by Gasteiger charge is 2.30. The molecule has 0 aromatic rings. The summed E-state index contributed by atoms with van der Waals surface area (Å²) in [6.07, 6.45) is -1.63. The number of rotatable bonds is 2. The maximum atomic E-state index is 12.7. The molecule has 0 aromatic heterocycles. The molecule has 6 nitrogen and oxygen atoms in total. The molecular weight excluding hydrogens is 345 g/mol. The summed E-state index contributed by atoms with van der Waals surface area (Å²) in [5.41, 5.74) is 0. The summed E-state index contributed by atoms with van der Waals surface area (Å²) in [4.78, 5) is 20.6. The predicted molar refractivity (Wildman–Crippen MR) is 81.5 cm³/mol. The molecule has 2 rings (SSSR count). The molecule has 2 fully saturated rings. The van der Waals surface area contributed by atoms with E-state index in [0.717, 1.165) is 0 Å². The third kappa shape index (κ3) is 7.53. The molecule has 2 saturated heterocycles. The molecule has 0 unspecified atom stereocenters. The number of alkyl halides is 2. The van der Waals surface area contributed by atoms with Crippen LogP contribution in [-0.4, -0.2) is 60.7 Å². The first-order chi connectivity index (χ1) is 9.43. The lowest BCUT2D eigenvalue weighted by Gasteiger charge is -2.22. The fourth-order valence-electron chi connectivity index (χ4n) is 2.20. The number of hydrogen-bond donors (Lipinski definition) is 4. The van der Waals surface area contributed by atoms with Gasteiger partial charge in [-0.3, -0.25) is 9.59 Å². The molecule has 0 aromatic carbocycles. The number of carbonyl (C=O) groups is 2. The van der Waals surface area contributed by atoms with Gasteiger partial charge in [0.2, 0.25) is 0 Å². The van der Waals surface area contributed by atoms with Gasteiger partial charge < -0.3 is 20.8 Å². The van der Waals surface area contributed by atoms with Crippen LogP contribution in [0.5, 0.6) is 0 Å². The summed E-state index contributed by atoms with van der Waals surface area (Å²) in [7, 11) is 0. The van der Waals surface area contributed by atoms with Crippen LogP contribution in [0.25, 0.3) is 0 Å². The number of carboxylic acid groups (broad SMARTS) is 2. The maximum absolute atomic E-state index is 12.7. The first kappa shape index (κ1) is 23.6. The van der Waals surface area contributed by atoms with E-state index in [-0.39, 0.29) is 37.9 Å². The number of hydrogen-bond acceptors (Lipinski definition) is 4. The summed E-state index contributed by atoms with van der Waals surface area (Å²) in [6, 6.07) is 0. The van der Waals surface area contributed by atoms with Crippen molar-refractivity contribution in [1.29, 1.82) is 0 Å². The third-order valence-electron chi connectivity index (χ3n) is 3.45. The van der Waals surface area contributed by atoms with E-state index < -0.39 is 36.1 Å². The second kappa shape index (κ2) is 11.8. The number of halogens is 4. The monoisotopic (exact) mass is 366 g/mol. The molecule has 0 saturated carbocycles. The van der Waals surface area contributed by atoms with Gasteiger partial charge in [0.05, 0.1) is 11.8 Å².